The maximum Gasteiger partial charge on any atom is 0.264 e. The van der Waals surface area contributed by atoms with Gasteiger partial charge in [-0.15, -0.1) is 0 Å². The molecule has 2 amide bonds. The van der Waals surface area contributed by atoms with Gasteiger partial charge in [0.1, 0.15) is 18.3 Å². The van der Waals surface area contributed by atoms with E-state index in [1.807, 2.05) is 89.2 Å². The second-order valence-electron chi connectivity index (χ2n) is 12.5. The number of aryl methyl sites for hydroxylation is 2. The molecule has 9 heteroatoms. The number of nitrogens with one attached hydrogen (secondary N) is 1. The van der Waals surface area contributed by atoms with Gasteiger partial charge in [0.2, 0.25) is 11.8 Å². The standard InChI is InChI=1S/C37H43N3O5S/c1-27-20-28(2)22-31(21-27)40(46(43,44)33-18-11-8-12-19-33)26-35(41)39(25-30-16-13-17-32(23-30)45-6)34(36(42)38-37(3,4)5)24-29-14-9-7-10-15-29/h7-23,34H,24-26H2,1-6H3,(H,38,42)/t34-/m0/s1. The normalized spacial score (nSPS) is 12.2. The van der Waals surface area contributed by atoms with Crippen LogP contribution in [0, 0.1) is 13.8 Å². The molecule has 0 fully saturated rings. The Morgan fingerprint density at radius 1 is 0.804 bits per heavy atom. The summed E-state index contributed by atoms with van der Waals surface area (Å²) in [4.78, 5) is 30.2. The Morgan fingerprint density at radius 3 is 1.98 bits per heavy atom. The molecule has 0 aliphatic heterocycles. The van der Waals surface area contributed by atoms with Crippen molar-refractivity contribution in [1.82, 2.24) is 10.2 Å². The van der Waals surface area contributed by atoms with Crippen LogP contribution in [0.4, 0.5) is 5.69 Å². The topological polar surface area (TPSA) is 96.0 Å². The summed E-state index contributed by atoms with van der Waals surface area (Å²) in [5, 5.41) is 3.05. The van der Waals surface area contributed by atoms with Gasteiger partial charge in [0.15, 0.2) is 0 Å². The Balaban J connectivity index is 1.84. The molecule has 0 heterocycles. The number of ether oxygens (including phenoxy) is 1. The van der Waals surface area contributed by atoms with Crippen LogP contribution in [-0.4, -0.2) is 50.4 Å². The van der Waals surface area contributed by atoms with Crippen molar-refractivity contribution in [2.45, 2.75) is 64.1 Å². The van der Waals surface area contributed by atoms with Crippen molar-refractivity contribution < 1.29 is 22.7 Å². The Labute approximate surface area is 273 Å². The Bertz CT molecular complexity index is 1730. The second-order valence-corrected chi connectivity index (χ2v) is 14.4. The van der Waals surface area contributed by atoms with Gasteiger partial charge in [0, 0.05) is 18.5 Å². The van der Waals surface area contributed by atoms with Gasteiger partial charge >= 0.3 is 0 Å². The minimum absolute atomic E-state index is 0.0527. The van der Waals surface area contributed by atoms with E-state index in [1.165, 1.54) is 17.0 Å². The summed E-state index contributed by atoms with van der Waals surface area (Å²) < 4.78 is 35.0. The van der Waals surface area contributed by atoms with Crippen LogP contribution in [0.25, 0.3) is 0 Å². The van der Waals surface area contributed by atoms with Gasteiger partial charge in [-0.05, 0) is 93.3 Å². The van der Waals surface area contributed by atoms with Crippen LogP contribution >= 0.6 is 0 Å². The first-order chi connectivity index (χ1) is 21.8. The van der Waals surface area contributed by atoms with Crippen molar-refractivity contribution in [3.63, 3.8) is 0 Å². The first kappa shape index (κ1) is 34.2. The van der Waals surface area contributed by atoms with Crippen molar-refractivity contribution in [1.29, 1.82) is 0 Å². The fraction of sp³-hybridized carbons (Fsp3) is 0.297. The van der Waals surface area contributed by atoms with Crippen LogP contribution in [0.5, 0.6) is 5.75 Å². The van der Waals surface area contributed by atoms with E-state index in [9.17, 15) is 18.0 Å². The SMILES string of the molecule is COc1cccc(CN(C(=O)CN(c2cc(C)cc(C)c2)S(=O)(=O)c2ccccc2)[C@@H](Cc2ccccc2)C(=O)NC(C)(C)C)c1. The largest absolute Gasteiger partial charge is 0.497 e. The number of carbonyl (C=O) groups excluding carboxylic acids is 2. The minimum atomic E-state index is -4.17. The third kappa shape index (κ3) is 8.97. The van der Waals surface area contributed by atoms with E-state index in [2.05, 4.69) is 5.32 Å². The maximum atomic E-state index is 14.6. The van der Waals surface area contributed by atoms with E-state index < -0.39 is 34.1 Å². The smallest absolute Gasteiger partial charge is 0.264 e. The number of nitrogens with zero attached hydrogens (tertiary/aromatic N) is 2. The van der Waals surface area contributed by atoms with E-state index >= 15 is 0 Å². The predicted molar refractivity (Wildman–Crippen MR) is 182 cm³/mol. The summed E-state index contributed by atoms with van der Waals surface area (Å²) in [6.45, 7) is 8.95. The molecular weight excluding hydrogens is 598 g/mol. The van der Waals surface area contributed by atoms with Gasteiger partial charge in [0.05, 0.1) is 17.7 Å². The van der Waals surface area contributed by atoms with Crippen LogP contribution in [0.3, 0.4) is 0 Å². The monoisotopic (exact) mass is 641 g/mol. The molecule has 0 bridgehead atoms. The zero-order valence-corrected chi connectivity index (χ0v) is 28.2. The molecule has 4 aromatic rings. The van der Waals surface area contributed by atoms with Crippen molar-refractivity contribution in [3.8, 4) is 5.75 Å². The van der Waals surface area contributed by atoms with E-state index in [0.29, 0.717) is 11.4 Å². The number of anilines is 1. The van der Waals surface area contributed by atoms with E-state index in [0.717, 1.165) is 26.6 Å². The molecule has 0 saturated carbocycles. The fourth-order valence-corrected chi connectivity index (χ4v) is 6.74. The van der Waals surface area contributed by atoms with E-state index in [-0.39, 0.29) is 23.8 Å². The molecule has 4 aromatic carbocycles. The van der Waals surface area contributed by atoms with Crippen LogP contribution < -0.4 is 14.4 Å². The lowest BCUT2D eigenvalue weighted by molar-refractivity contribution is -0.140. The molecule has 0 aliphatic carbocycles. The quantitative estimate of drug-likeness (QED) is 0.203. The average molecular weight is 642 g/mol. The molecule has 1 atom stereocenters. The van der Waals surface area contributed by atoms with Crippen molar-refractivity contribution in [2.75, 3.05) is 18.0 Å². The molecule has 4 rings (SSSR count). The van der Waals surface area contributed by atoms with Gasteiger partial charge < -0.3 is 15.0 Å². The second kappa shape index (κ2) is 14.6. The average Bonchev–Trinajstić information content (AvgIpc) is 3.01. The molecule has 242 valence electrons. The Kier molecular flexibility index (Phi) is 10.9. The lowest BCUT2D eigenvalue weighted by atomic mass is 10.0. The predicted octanol–water partition coefficient (Wildman–Crippen LogP) is 6.06. The molecule has 0 aliphatic rings. The molecular formula is C37H43N3O5S. The number of hydrogen-bond donors (Lipinski definition) is 1. The molecule has 0 aromatic heterocycles. The van der Waals surface area contributed by atoms with Gasteiger partial charge in [-0.25, -0.2) is 8.42 Å². The van der Waals surface area contributed by atoms with E-state index in [1.54, 1.807) is 43.5 Å². The maximum absolute atomic E-state index is 14.6. The van der Waals surface area contributed by atoms with Gasteiger partial charge in [-0.2, -0.15) is 0 Å². The van der Waals surface area contributed by atoms with Crippen LogP contribution in [0.2, 0.25) is 0 Å². The number of hydrogen-bond acceptors (Lipinski definition) is 5. The lowest BCUT2D eigenvalue weighted by Crippen LogP contribution is -2.56. The Morgan fingerprint density at radius 2 is 1.39 bits per heavy atom. The highest BCUT2D eigenvalue weighted by molar-refractivity contribution is 7.92. The third-order valence-electron chi connectivity index (χ3n) is 7.36. The van der Waals surface area contributed by atoms with Crippen molar-refractivity contribution in [2.24, 2.45) is 0 Å². The zero-order chi connectivity index (χ0) is 33.5. The van der Waals surface area contributed by atoms with Crippen LogP contribution in [0.1, 0.15) is 43.0 Å². The summed E-state index contributed by atoms with van der Waals surface area (Å²) >= 11 is 0. The lowest BCUT2D eigenvalue weighted by Gasteiger charge is -2.35. The van der Waals surface area contributed by atoms with Crippen LogP contribution in [0.15, 0.2) is 108 Å². The molecule has 0 radical (unpaired) electrons. The summed E-state index contributed by atoms with van der Waals surface area (Å²) in [6, 6.07) is 29.3. The van der Waals surface area contributed by atoms with Crippen molar-refractivity contribution >= 4 is 27.5 Å². The summed E-state index contributed by atoms with van der Waals surface area (Å²) in [5.41, 5.74) is 3.11. The highest BCUT2D eigenvalue weighted by atomic mass is 32.2. The number of rotatable bonds is 12. The zero-order valence-electron chi connectivity index (χ0n) is 27.4. The number of sulfonamides is 1. The minimum Gasteiger partial charge on any atom is -0.497 e. The third-order valence-corrected chi connectivity index (χ3v) is 9.15. The molecule has 46 heavy (non-hydrogen) atoms. The highest BCUT2D eigenvalue weighted by Crippen LogP contribution is 2.27. The number of amides is 2. The first-order valence-corrected chi connectivity index (χ1v) is 16.7. The van der Waals surface area contributed by atoms with Gasteiger partial charge in [-0.3, -0.25) is 13.9 Å². The first-order valence-electron chi connectivity index (χ1n) is 15.2. The van der Waals surface area contributed by atoms with E-state index in [4.69, 9.17) is 4.74 Å². The molecule has 0 saturated heterocycles. The molecule has 0 spiro atoms. The number of benzene rings is 4. The Hall–Kier alpha value is -4.63. The molecule has 0 unspecified atom stereocenters. The fourth-order valence-electron chi connectivity index (χ4n) is 5.32. The summed E-state index contributed by atoms with van der Waals surface area (Å²) in [7, 11) is -2.61. The molecule has 8 nitrogen and oxygen atoms in total. The number of methoxy groups -OCH3 is 1. The van der Waals surface area contributed by atoms with Crippen molar-refractivity contribution in [3.05, 3.63) is 125 Å². The van der Waals surface area contributed by atoms with Gasteiger partial charge in [-0.1, -0.05) is 66.7 Å². The summed E-state index contributed by atoms with van der Waals surface area (Å²) in [6.07, 6.45) is 0.230. The molecule has 1 N–H and O–H groups in total. The summed E-state index contributed by atoms with van der Waals surface area (Å²) in [5.74, 6) is -0.255. The number of carbonyl (C=O) groups is 2. The highest BCUT2D eigenvalue weighted by Gasteiger charge is 2.35. The van der Waals surface area contributed by atoms with Crippen LogP contribution in [-0.2, 0) is 32.6 Å². The van der Waals surface area contributed by atoms with Gasteiger partial charge in [0.25, 0.3) is 10.0 Å².